The average molecular weight is 287 g/mol. The Labute approximate surface area is 124 Å². The van der Waals surface area contributed by atoms with Gasteiger partial charge in [-0.25, -0.2) is 4.98 Å². The van der Waals surface area contributed by atoms with Crippen LogP contribution in [0.15, 0.2) is 30.9 Å². The highest BCUT2D eigenvalue weighted by Gasteiger charge is 2.08. The molecule has 20 heavy (non-hydrogen) atoms. The van der Waals surface area contributed by atoms with Crippen LogP contribution in [0.3, 0.4) is 0 Å². The van der Waals surface area contributed by atoms with Crippen molar-refractivity contribution in [2.24, 2.45) is 13.0 Å². The number of aromatic nitrogens is 3. The van der Waals surface area contributed by atoms with Crippen molar-refractivity contribution in [2.75, 3.05) is 0 Å². The molecule has 0 aliphatic carbocycles. The zero-order valence-electron chi connectivity index (χ0n) is 12.7. The van der Waals surface area contributed by atoms with E-state index in [1.807, 2.05) is 36.4 Å². The maximum atomic E-state index is 4.37. The Bertz CT molecular complexity index is 692. The van der Waals surface area contributed by atoms with Crippen LogP contribution in [-0.2, 0) is 7.05 Å². The summed E-state index contributed by atoms with van der Waals surface area (Å²) in [6.45, 7) is 8.61. The van der Waals surface area contributed by atoms with E-state index in [0.717, 1.165) is 17.1 Å². The fraction of sp³-hybridized carbons (Fsp3) is 0.375. The maximum absolute atomic E-state index is 4.37. The van der Waals surface area contributed by atoms with Crippen molar-refractivity contribution < 1.29 is 0 Å². The van der Waals surface area contributed by atoms with Gasteiger partial charge in [-0.2, -0.15) is 0 Å². The van der Waals surface area contributed by atoms with Crippen LogP contribution >= 0.6 is 11.3 Å². The third-order valence-corrected chi connectivity index (χ3v) is 3.85. The van der Waals surface area contributed by atoms with Gasteiger partial charge in [-0.3, -0.25) is 4.98 Å². The summed E-state index contributed by atoms with van der Waals surface area (Å²) in [6.07, 6.45) is 5.70. The standard InChI is InChI=1S/C12H11N3S.C4H10/c1-8-3-4-13-9-5-11(16-12(8)9)10-6-15(2)7-14-10;1-4(2)3/h3-7H,1-2H3;4H,1-3H3. The summed E-state index contributed by atoms with van der Waals surface area (Å²) in [7, 11) is 1.98. The SMILES string of the molecule is CC(C)C.Cc1ccnc2cc(-c3cn(C)cn3)sc12. The molecule has 0 amide bonds. The van der Waals surface area contributed by atoms with E-state index >= 15 is 0 Å². The lowest BCUT2D eigenvalue weighted by Crippen LogP contribution is -1.77. The summed E-state index contributed by atoms with van der Waals surface area (Å²) in [5.74, 6) is 0.833. The van der Waals surface area contributed by atoms with Gasteiger partial charge in [-0.1, -0.05) is 20.8 Å². The van der Waals surface area contributed by atoms with Crippen LogP contribution in [0.1, 0.15) is 26.3 Å². The molecular formula is C16H21N3S. The molecule has 0 bridgehead atoms. The van der Waals surface area contributed by atoms with Gasteiger partial charge in [0.2, 0.25) is 0 Å². The Morgan fingerprint density at radius 3 is 2.45 bits per heavy atom. The lowest BCUT2D eigenvalue weighted by molar-refractivity contribution is 0.737. The van der Waals surface area contributed by atoms with Crippen molar-refractivity contribution in [2.45, 2.75) is 27.7 Å². The van der Waals surface area contributed by atoms with E-state index in [1.165, 1.54) is 15.1 Å². The summed E-state index contributed by atoms with van der Waals surface area (Å²) >= 11 is 1.75. The van der Waals surface area contributed by atoms with Gasteiger partial charge in [0.25, 0.3) is 0 Å². The predicted octanol–water partition coefficient (Wildman–Crippen LogP) is 4.67. The molecule has 106 valence electrons. The minimum absolute atomic E-state index is 0.833. The molecule has 3 aromatic heterocycles. The van der Waals surface area contributed by atoms with Gasteiger partial charge in [0, 0.05) is 19.4 Å². The number of rotatable bonds is 1. The molecule has 0 saturated carbocycles. The Hall–Kier alpha value is -1.68. The molecule has 0 saturated heterocycles. The van der Waals surface area contributed by atoms with Crippen molar-refractivity contribution >= 4 is 21.6 Å². The van der Waals surface area contributed by atoms with Crippen LogP contribution in [-0.4, -0.2) is 14.5 Å². The molecule has 3 nitrogen and oxygen atoms in total. The monoisotopic (exact) mass is 287 g/mol. The van der Waals surface area contributed by atoms with Crippen molar-refractivity contribution in [3.8, 4) is 10.6 Å². The highest BCUT2D eigenvalue weighted by atomic mass is 32.1. The van der Waals surface area contributed by atoms with Gasteiger partial charge in [0.1, 0.15) is 0 Å². The molecule has 3 aromatic rings. The normalized spacial score (nSPS) is 10.7. The molecule has 0 radical (unpaired) electrons. The smallest absolute Gasteiger partial charge is 0.0982 e. The number of pyridine rings is 1. The topological polar surface area (TPSA) is 30.7 Å². The van der Waals surface area contributed by atoms with Crippen molar-refractivity contribution in [3.05, 3.63) is 36.4 Å². The predicted molar refractivity (Wildman–Crippen MR) is 87.1 cm³/mol. The fourth-order valence-electron chi connectivity index (χ4n) is 1.73. The van der Waals surface area contributed by atoms with Crippen molar-refractivity contribution in [3.63, 3.8) is 0 Å². The first kappa shape index (κ1) is 14.7. The molecule has 0 spiro atoms. The number of hydrogen-bond donors (Lipinski definition) is 0. The van der Waals surface area contributed by atoms with E-state index in [9.17, 15) is 0 Å². The third kappa shape index (κ3) is 3.45. The van der Waals surface area contributed by atoms with E-state index in [1.54, 1.807) is 11.3 Å². The fourth-order valence-corrected chi connectivity index (χ4v) is 2.78. The highest BCUT2D eigenvalue weighted by molar-refractivity contribution is 7.22. The van der Waals surface area contributed by atoms with Gasteiger partial charge >= 0.3 is 0 Å². The lowest BCUT2D eigenvalue weighted by atomic mass is 10.2. The Morgan fingerprint density at radius 1 is 1.20 bits per heavy atom. The second-order valence-electron chi connectivity index (χ2n) is 5.61. The van der Waals surface area contributed by atoms with Gasteiger partial charge < -0.3 is 4.57 Å². The summed E-state index contributed by atoms with van der Waals surface area (Å²) in [5.41, 5.74) is 3.35. The Morgan fingerprint density at radius 2 is 1.90 bits per heavy atom. The molecule has 0 fully saturated rings. The molecule has 0 aliphatic heterocycles. The van der Waals surface area contributed by atoms with Crippen LogP contribution in [0.2, 0.25) is 0 Å². The average Bonchev–Trinajstić information content (AvgIpc) is 2.95. The number of aryl methyl sites for hydroxylation is 2. The highest BCUT2D eigenvalue weighted by Crippen LogP contribution is 2.32. The van der Waals surface area contributed by atoms with E-state index in [2.05, 4.69) is 43.7 Å². The summed E-state index contributed by atoms with van der Waals surface area (Å²) in [5, 5.41) is 0. The molecule has 3 rings (SSSR count). The molecular weight excluding hydrogens is 266 g/mol. The number of thiophene rings is 1. The zero-order valence-corrected chi connectivity index (χ0v) is 13.5. The van der Waals surface area contributed by atoms with Gasteiger partial charge in [0.05, 0.1) is 27.1 Å². The van der Waals surface area contributed by atoms with Crippen LogP contribution in [0.25, 0.3) is 20.8 Å². The first-order valence-electron chi connectivity index (χ1n) is 6.81. The maximum Gasteiger partial charge on any atom is 0.0982 e. The molecule has 0 unspecified atom stereocenters. The first-order valence-corrected chi connectivity index (χ1v) is 7.62. The molecule has 3 heterocycles. The van der Waals surface area contributed by atoms with Crippen LogP contribution in [0.4, 0.5) is 0 Å². The number of fused-ring (bicyclic) bond motifs is 1. The van der Waals surface area contributed by atoms with Crippen molar-refractivity contribution in [1.29, 1.82) is 0 Å². The lowest BCUT2D eigenvalue weighted by Gasteiger charge is -1.91. The summed E-state index contributed by atoms with van der Waals surface area (Å²) < 4.78 is 3.21. The van der Waals surface area contributed by atoms with E-state index < -0.39 is 0 Å². The summed E-state index contributed by atoms with van der Waals surface area (Å²) in [4.78, 5) is 9.91. The second kappa shape index (κ2) is 6.18. The summed E-state index contributed by atoms with van der Waals surface area (Å²) in [6, 6.07) is 4.15. The Balaban J connectivity index is 0.000000328. The third-order valence-electron chi connectivity index (χ3n) is 2.57. The number of imidazole rings is 1. The molecule has 4 heteroatoms. The molecule has 0 aliphatic rings. The minimum atomic E-state index is 0.833. The minimum Gasteiger partial charge on any atom is -0.340 e. The molecule has 0 atom stereocenters. The van der Waals surface area contributed by atoms with Gasteiger partial charge in [0.15, 0.2) is 0 Å². The molecule has 0 N–H and O–H groups in total. The largest absolute Gasteiger partial charge is 0.340 e. The zero-order chi connectivity index (χ0) is 14.7. The first-order chi connectivity index (χ1) is 9.47. The number of hydrogen-bond acceptors (Lipinski definition) is 3. The van der Waals surface area contributed by atoms with E-state index in [4.69, 9.17) is 0 Å². The van der Waals surface area contributed by atoms with E-state index in [-0.39, 0.29) is 0 Å². The van der Waals surface area contributed by atoms with Crippen molar-refractivity contribution in [1.82, 2.24) is 14.5 Å². The second-order valence-corrected chi connectivity index (χ2v) is 6.66. The van der Waals surface area contributed by atoms with Crippen LogP contribution in [0.5, 0.6) is 0 Å². The van der Waals surface area contributed by atoms with Gasteiger partial charge in [-0.05, 0) is 30.5 Å². The van der Waals surface area contributed by atoms with Crippen LogP contribution < -0.4 is 0 Å². The number of nitrogens with zero attached hydrogens (tertiary/aromatic N) is 3. The van der Waals surface area contributed by atoms with Gasteiger partial charge in [-0.15, -0.1) is 11.3 Å². The molecule has 0 aromatic carbocycles. The van der Waals surface area contributed by atoms with Crippen LogP contribution in [0, 0.1) is 12.8 Å². The Kier molecular flexibility index (Phi) is 4.55. The van der Waals surface area contributed by atoms with E-state index in [0.29, 0.717) is 0 Å². The quantitative estimate of drug-likeness (QED) is 0.651.